The van der Waals surface area contributed by atoms with Crippen molar-refractivity contribution < 1.29 is 9.59 Å². The maximum atomic E-state index is 11.8. The highest BCUT2D eigenvalue weighted by Gasteiger charge is 2.07. The molecule has 1 radical (unpaired) electrons. The van der Waals surface area contributed by atoms with E-state index in [9.17, 15) is 9.59 Å². The molecule has 0 saturated carbocycles. The lowest BCUT2D eigenvalue weighted by atomic mass is 10.1. The van der Waals surface area contributed by atoms with Crippen LogP contribution in [-0.2, 0) is 9.59 Å². The zero-order valence-corrected chi connectivity index (χ0v) is 12.0. The zero-order valence-electron chi connectivity index (χ0n) is 12.0. The van der Waals surface area contributed by atoms with Gasteiger partial charge in [-0.1, -0.05) is 39.0 Å². The Hall–Kier alpha value is -0.860. The number of hydrogen-bond donors (Lipinski definition) is 0. The van der Waals surface area contributed by atoms with Gasteiger partial charge in [0.05, 0.1) is 0 Å². The summed E-state index contributed by atoms with van der Waals surface area (Å²) in [7, 11) is 1.88. The molecule has 0 aromatic rings. The van der Waals surface area contributed by atoms with Crippen LogP contribution in [0, 0.1) is 0 Å². The Morgan fingerprint density at radius 2 is 1.67 bits per heavy atom. The van der Waals surface area contributed by atoms with E-state index in [1.807, 2.05) is 18.2 Å². The molecular formula is C15H28NO2. The maximum absolute atomic E-state index is 11.8. The Morgan fingerprint density at radius 3 is 2.33 bits per heavy atom. The van der Waals surface area contributed by atoms with Gasteiger partial charge in [-0.25, -0.2) is 0 Å². The van der Waals surface area contributed by atoms with E-state index in [-0.39, 0.29) is 5.91 Å². The minimum Gasteiger partial charge on any atom is -0.346 e. The number of hydrogen-bond acceptors (Lipinski definition) is 2. The van der Waals surface area contributed by atoms with Gasteiger partial charge in [-0.05, 0) is 19.3 Å². The topological polar surface area (TPSA) is 37.4 Å². The van der Waals surface area contributed by atoms with Gasteiger partial charge in [0.15, 0.2) is 6.29 Å². The van der Waals surface area contributed by atoms with Gasteiger partial charge in [0.1, 0.15) is 0 Å². The van der Waals surface area contributed by atoms with E-state index in [4.69, 9.17) is 0 Å². The predicted molar refractivity (Wildman–Crippen MR) is 75.2 cm³/mol. The van der Waals surface area contributed by atoms with E-state index in [2.05, 4.69) is 6.92 Å². The quantitative estimate of drug-likeness (QED) is 0.500. The van der Waals surface area contributed by atoms with E-state index >= 15 is 0 Å². The first-order valence-corrected chi connectivity index (χ1v) is 7.31. The Morgan fingerprint density at radius 1 is 1.00 bits per heavy atom. The van der Waals surface area contributed by atoms with Gasteiger partial charge in [-0.15, -0.1) is 0 Å². The monoisotopic (exact) mass is 254 g/mol. The molecule has 0 heterocycles. The van der Waals surface area contributed by atoms with Crippen LogP contribution in [0.2, 0.25) is 0 Å². The smallest absolute Gasteiger partial charge is 0.222 e. The van der Waals surface area contributed by atoms with E-state index in [0.29, 0.717) is 12.8 Å². The molecule has 18 heavy (non-hydrogen) atoms. The Bertz CT molecular complexity index is 217. The Balaban J connectivity index is 3.42. The van der Waals surface area contributed by atoms with Crippen molar-refractivity contribution in [2.75, 3.05) is 13.6 Å². The largest absolute Gasteiger partial charge is 0.346 e. The summed E-state index contributed by atoms with van der Waals surface area (Å²) in [5.74, 6) is 0.258. The average Bonchev–Trinajstić information content (AvgIpc) is 2.37. The van der Waals surface area contributed by atoms with Crippen molar-refractivity contribution in [3.63, 3.8) is 0 Å². The summed E-state index contributed by atoms with van der Waals surface area (Å²) in [5, 5.41) is 0. The molecule has 0 bridgehead atoms. The summed E-state index contributed by atoms with van der Waals surface area (Å²) >= 11 is 0. The van der Waals surface area contributed by atoms with Gasteiger partial charge in [-0.2, -0.15) is 0 Å². The first kappa shape index (κ1) is 17.1. The highest BCUT2D eigenvalue weighted by molar-refractivity contribution is 5.75. The van der Waals surface area contributed by atoms with E-state index in [0.717, 1.165) is 32.2 Å². The third kappa shape index (κ3) is 10.3. The van der Waals surface area contributed by atoms with Gasteiger partial charge in [0.2, 0.25) is 5.91 Å². The number of carbonyl (C=O) groups is 1. The lowest BCUT2D eigenvalue weighted by molar-refractivity contribution is -0.130. The third-order valence-electron chi connectivity index (χ3n) is 3.19. The predicted octanol–water partition coefficient (Wildman–Crippen LogP) is 3.48. The van der Waals surface area contributed by atoms with E-state index < -0.39 is 0 Å². The van der Waals surface area contributed by atoms with Crippen LogP contribution in [0.25, 0.3) is 0 Å². The molecule has 0 saturated heterocycles. The van der Waals surface area contributed by atoms with Crippen molar-refractivity contribution >= 4 is 12.2 Å². The molecule has 105 valence electrons. The Labute approximate surface area is 112 Å². The van der Waals surface area contributed by atoms with Crippen LogP contribution in [-0.4, -0.2) is 30.7 Å². The van der Waals surface area contributed by atoms with Crippen molar-refractivity contribution in [1.29, 1.82) is 0 Å². The van der Waals surface area contributed by atoms with Gasteiger partial charge in [-0.3, -0.25) is 9.59 Å². The summed E-state index contributed by atoms with van der Waals surface area (Å²) in [6.45, 7) is 3.01. The normalized spacial score (nSPS) is 10.3. The molecule has 0 aliphatic heterocycles. The maximum Gasteiger partial charge on any atom is 0.222 e. The number of rotatable bonds is 12. The second-order valence-corrected chi connectivity index (χ2v) is 4.93. The molecule has 0 rings (SSSR count). The molecule has 0 spiro atoms. The van der Waals surface area contributed by atoms with Crippen molar-refractivity contribution in [1.82, 2.24) is 4.90 Å². The molecule has 0 aliphatic carbocycles. The first-order chi connectivity index (χ1) is 8.72. The summed E-state index contributed by atoms with van der Waals surface area (Å²) in [6, 6.07) is 0. The first-order valence-electron chi connectivity index (χ1n) is 7.31. The zero-order chi connectivity index (χ0) is 13.6. The summed E-state index contributed by atoms with van der Waals surface area (Å²) < 4.78 is 0. The molecule has 3 nitrogen and oxygen atoms in total. The Kier molecular flexibility index (Phi) is 12.0. The molecule has 0 aromatic carbocycles. The lowest BCUT2D eigenvalue weighted by Gasteiger charge is -2.16. The average molecular weight is 254 g/mol. The molecule has 0 atom stereocenters. The molecule has 0 aliphatic rings. The molecule has 0 unspecified atom stereocenters. The number of carbonyl (C=O) groups excluding carboxylic acids is 2. The second-order valence-electron chi connectivity index (χ2n) is 4.93. The van der Waals surface area contributed by atoms with Gasteiger partial charge >= 0.3 is 0 Å². The van der Waals surface area contributed by atoms with Crippen molar-refractivity contribution in [3.05, 3.63) is 0 Å². The van der Waals surface area contributed by atoms with Crippen LogP contribution in [0.15, 0.2) is 0 Å². The summed E-state index contributed by atoms with van der Waals surface area (Å²) in [4.78, 5) is 23.6. The number of unbranched alkanes of at least 4 members (excludes halogenated alkanes) is 7. The third-order valence-corrected chi connectivity index (χ3v) is 3.19. The van der Waals surface area contributed by atoms with Gasteiger partial charge in [0, 0.05) is 26.4 Å². The molecule has 0 fully saturated rings. The van der Waals surface area contributed by atoms with Crippen molar-refractivity contribution in [2.45, 2.75) is 71.1 Å². The molecule has 0 aromatic heterocycles. The number of nitrogens with zero attached hydrogens (tertiary/aromatic N) is 1. The van der Waals surface area contributed by atoms with E-state index in [1.165, 1.54) is 25.7 Å². The lowest BCUT2D eigenvalue weighted by Crippen LogP contribution is -2.27. The van der Waals surface area contributed by atoms with Gasteiger partial charge in [0.25, 0.3) is 0 Å². The standard InChI is InChI=1S/C15H28NO2/c1-3-4-5-6-9-12-15(18)16(2)13-10-7-8-11-14-17/h3-13H2,1-2H3. The minimum atomic E-state index is 0.258. The fraction of sp³-hybridized carbons (Fsp3) is 0.867. The van der Waals surface area contributed by atoms with Crippen LogP contribution >= 0.6 is 0 Å². The molecule has 1 amide bonds. The van der Waals surface area contributed by atoms with Crippen LogP contribution in [0.5, 0.6) is 0 Å². The van der Waals surface area contributed by atoms with Crippen LogP contribution in [0.4, 0.5) is 0 Å². The SMILES string of the molecule is CCCCCCCC(=O)N(C)CCCCC[C]=O. The van der Waals surface area contributed by atoms with Gasteiger partial charge < -0.3 is 4.90 Å². The van der Waals surface area contributed by atoms with Crippen LogP contribution < -0.4 is 0 Å². The number of amides is 1. The van der Waals surface area contributed by atoms with Crippen molar-refractivity contribution in [2.24, 2.45) is 0 Å². The van der Waals surface area contributed by atoms with E-state index in [1.54, 1.807) is 0 Å². The molecular weight excluding hydrogens is 226 g/mol. The highest BCUT2D eigenvalue weighted by Crippen LogP contribution is 2.07. The van der Waals surface area contributed by atoms with Crippen LogP contribution in [0.1, 0.15) is 71.1 Å². The minimum absolute atomic E-state index is 0.258. The summed E-state index contributed by atoms with van der Waals surface area (Å²) in [5.41, 5.74) is 0. The van der Waals surface area contributed by atoms with Crippen LogP contribution in [0.3, 0.4) is 0 Å². The molecule has 0 N–H and O–H groups in total. The van der Waals surface area contributed by atoms with Crippen molar-refractivity contribution in [3.8, 4) is 0 Å². The fourth-order valence-electron chi connectivity index (χ4n) is 1.92. The highest BCUT2D eigenvalue weighted by atomic mass is 16.2. The summed E-state index contributed by atoms with van der Waals surface area (Å²) in [6.07, 6.45) is 11.9. The second kappa shape index (κ2) is 12.6. The molecule has 3 heteroatoms. The fourth-order valence-corrected chi connectivity index (χ4v) is 1.92.